The van der Waals surface area contributed by atoms with Crippen molar-refractivity contribution in [3.63, 3.8) is 0 Å². The number of aromatic hydroxyl groups is 1. The maximum atomic E-state index is 12.2. The molecule has 0 atom stereocenters. The molecule has 3 heteroatoms. The molecule has 0 aliphatic heterocycles. The largest absolute Gasteiger partial charge is 0.507 e. The van der Waals surface area contributed by atoms with Gasteiger partial charge in [-0.3, -0.25) is 4.79 Å². The molecule has 1 aromatic rings. The molecule has 1 N–H and O–H groups in total. The van der Waals surface area contributed by atoms with Crippen LogP contribution in [0.15, 0.2) is 12.1 Å². The molecule has 0 radical (unpaired) electrons. The predicted molar refractivity (Wildman–Crippen MR) is 146 cm³/mol. The second kappa shape index (κ2) is 18.8. The van der Waals surface area contributed by atoms with Crippen molar-refractivity contribution in [2.75, 3.05) is 6.61 Å². The van der Waals surface area contributed by atoms with Crippen molar-refractivity contribution in [1.29, 1.82) is 0 Å². The number of phenolic OH excluding ortho intramolecular Hbond substituents is 1. The summed E-state index contributed by atoms with van der Waals surface area (Å²) in [5, 5.41) is 10.7. The Bertz CT molecular complexity index is 632. The first-order chi connectivity index (χ1) is 16.3. The molecule has 34 heavy (non-hydrogen) atoms. The first-order valence-electron chi connectivity index (χ1n) is 14.3. The van der Waals surface area contributed by atoms with Crippen LogP contribution in [0.2, 0.25) is 0 Å². The van der Waals surface area contributed by atoms with E-state index in [0.717, 1.165) is 42.4 Å². The summed E-state index contributed by atoms with van der Waals surface area (Å²) in [6.07, 6.45) is 18.5. The third-order valence-corrected chi connectivity index (χ3v) is 6.46. The molecule has 1 rings (SSSR count). The monoisotopic (exact) mass is 474 g/mol. The molecule has 3 nitrogen and oxygen atoms in total. The summed E-state index contributed by atoms with van der Waals surface area (Å²) in [4.78, 5) is 12.2. The zero-order valence-electron chi connectivity index (χ0n) is 23.1. The Labute approximate surface area is 211 Å². The van der Waals surface area contributed by atoms with Crippen LogP contribution in [0.25, 0.3) is 0 Å². The van der Waals surface area contributed by atoms with Gasteiger partial charge in [-0.15, -0.1) is 0 Å². The van der Waals surface area contributed by atoms with Gasteiger partial charge in [0.15, 0.2) is 0 Å². The lowest BCUT2D eigenvalue weighted by Crippen LogP contribution is -2.08. The number of aryl methyl sites for hydroxylation is 1. The fraction of sp³-hybridized carbons (Fsp3) is 0.774. The molecule has 0 aliphatic rings. The highest BCUT2D eigenvalue weighted by molar-refractivity contribution is 5.69. The fourth-order valence-electron chi connectivity index (χ4n) is 4.62. The summed E-state index contributed by atoms with van der Waals surface area (Å²) in [7, 11) is 0. The van der Waals surface area contributed by atoms with Gasteiger partial charge < -0.3 is 9.84 Å². The molecule has 0 aliphatic carbocycles. The molecule has 0 saturated carbocycles. The van der Waals surface area contributed by atoms with Gasteiger partial charge in [-0.1, -0.05) is 117 Å². The highest BCUT2D eigenvalue weighted by Gasteiger charge is 2.14. The smallest absolute Gasteiger partial charge is 0.306 e. The van der Waals surface area contributed by atoms with E-state index < -0.39 is 0 Å². The van der Waals surface area contributed by atoms with E-state index >= 15 is 0 Å². The van der Waals surface area contributed by atoms with Gasteiger partial charge in [-0.25, -0.2) is 0 Å². The average Bonchev–Trinajstić information content (AvgIpc) is 2.77. The molecule has 0 fully saturated rings. The van der Waals surface area contributed by atoms with Crippen molar-refractivity contribution < 1.29 is 14.6 Å². The Morgan fingerprint density at radius 2 is 1.21 bits per heavy atom. The van der Waals surface area contributed by atoms with E-state index in [-0.39, 0.29) is 5.97 Å². The van der Waals surface area contributed by atoms with Crippen LogP contribution >= 0.6 is 0 Å². The number of carbonyl (C=O) groups excluding carboxylic acids is 1. The first kappa shape index (κ1) is 30.5. The Morgan fingerprint density at radius 3 is 1.65 bits per heavy atom. The van der Waals surface area contributed by atoms with Crippen LogP contribution in [-0.2, 0) is 28.8 Å². The Kier molecular flexibility index (Phi) is 16.9. The molecule has 0 bridgehead atoms. The summed E-state index contributed by atoms with van der Waals surface area (Å²) in [5.74, 6) is 1.30. The minimum absolute atomic E-state index is 0.105. The normalized spacial score (nSPS) is 11.5. The van der Waals surface area contributed by atoms with Gasteiger partial charge in [0.25, 0.3) is 0 Å². The van der Waals surface area contributed by atoms with Gasteiger partial charge in [0.1, 0.15) is 5.75 Å². The SMILES string of the molecule is CCCCCCCCCCCCCCOC(=O)CCc1cc(CC(C)C)c(O)c(CC(C)C)c1. The minimum Gasteiger partial charge on any atom is -0.507 e. The van der Waals surface area contributed by atoms with Crippen molar-refractivity contribution in [2.45, 2.75) is 137 Å². The van der Waals surface area contributed by atoms with E-state index in [1.54, 1.807) is 0 Å². The van der Waals surface area contributed by atoms with Gasteiger partial charge in [0, 0.05) is 6.42 Å². The van der Waals surface area contributed by atoms with Crippen LogP contribution in [-0.4, -0.2) is 17.7 Å². The average molecular weight is 475 g/mol. The quantitative estimate of drug-likeness (QED) is 0.151. The van der Waals surface area contributed by atoms with Crippen molar-refractivity contribution >= 4 is 5.97 Å². The third kappa shape index (κ3) is 14.7. The molecule has 0 saturated heterocycles. The van der Waals surface area contributed by atoms with E-state index in [2.05, 4.69) is 46.8 Å². The Hall–Kier alpha value is -1.51. The Balaban J connectivity index is 2.23. The number of unbranched alkanes of at least 4 members (excludes halogenated alkanes) is 11. The van der Waals surface area contributed by atoms with Crippen molar-refractivity contribution in [3.05, 3.63) is 28.8 Å². The molecule has 0 spiro atoms. The number of hydrogen-bond donors (Lipinski definition) is 1. The van der Waals surface area contributed by atoms with Crippen LogP contribution in [0.5, 0.6) is 5.75 Å². The number of hydrogen-bond acceptors (Lipinski definition) is 3. The van der Waals surface area contributed by atoms with Crippen LogP contribution in [0.3, 0.4) is 0 Å². The van der Waals surface area contributed by atoms with E-state index in [1.165, 1.54) is 64.2 Å². The zero-order valence-corrected chi connectivity index (χ0v) is 23.1. The molecule has 0 unspecified atom stereocenters. The van der Waals surface area contributed by atoms with Crippen LogP contribution in [0, 0.1) is 11.8 Å². The molecule has 0 amide bonds. The van der Waals surface area contributed by atoms with Crippen LogP contribution in [0.4, 0.5) is 0 Å². The van der Waals surface area contributed by atoms with Crippen LogP contribution in [0.1, 0.15) is 135 Å². The van der Waals surface area contributed by atoms with Gasteiger partial charge in [0.2, 0.25) is 0 Å². The number of esters is 1. The molecular weight excluding hydrogens is 420 g/mol. The highest BCUT2D eigenvalue weighted by Crippen LogP contribution is 2.29. The van der Waals surface area contributed by atoms with Crippen molar-refractivity contribution in [2.24, 2.45) is 11.8 Å². The maximum Gasteiger partial charge on any atom is 0.306 e. The van der Waals surface area contributed by atoms with Crippen LogP contribution < -0.4 is 0 Å². The van der Waals surface area contributed by atoms with Gasteiger partial charge in [-0.05, 0) is 54.2 Å². The number of rotatable bonds is 20. The second-order valence-corrected chi connectivity index (χ2v) is 11.1. The molecule has 0 aromatic heterocycles. The zero-order chi connectivity index (χ0) is 25.2. The lowest BCUT2D eigenvalue weighted by Gasteiger charge is -2.16. The lowest BCUT2D eigenvalue weighted by atomic mass is 9.92. The number of benzene rings is 1. The minimum atomic E-state index is -0.105. The van der Waals surface area contributed by atoms with Gasteiger partial charge >= 0.3 is 5.97 Å². The number of carbonyl (C=O) groups is 1. The van der Waals surface area contributed by atoms with E-state index in [9.17, 15) is 9.90 Å². The van der Waals surface area contributed by atoms with E-state index in [4.69, 9.17) is 4.74 Å². The predicted octanol–water partition coefficient (Wildman–Crippen LogP) is 8.97. The number of ether oxygens (including phenoxy) is 1. The summed E-state index contributed by atoms with van der Waals surface area (Å²) >= 11 is 0. The molecule has 196 valence electrons. The second-order valence-electron chi connectivity index (χ2n) is 11.1. The number of phenols is 1. The Morgan fingerprint density at radius 1 is 0.765 bits per heavy atom. The van der Waals surface area contributed by atoms with Crippen molar-refractivity contribution in [3.8, 4) is 5.75 Å². The summed E-state index contributed by atoms with van der Waals surface area (Å²) in [6, 6.07) is 4.16. The van der Waals surface area contributed by atoms with E-state index in [0.29, 0.717) is 37.0 Å². The molecular formula is C31H54O3. The highest BCUT2D eigenvalue weighted by atomic mass is 16.5. The standard InChI is InChI=1S/C31H54O3/c1-6-7-8-9-10-11-12-13-14-15-16-17-20-34-30(32)19-18-27-23-28(21-25(2)3)31(33)29(24-27)22-26(4)5/h23-26,33H,6-22H2,1-5H3. The summed E-state index contributed by atoms with van der Waals surface area (Å²) in [6.45, 7) is 11.5. The summed E-state index contributed by atoms with van der Waals surface area (Å²) in [5.41, 5.74) is 3.15. The van der Waals surface area contributed by atoms with Gasteiger partial charge in [0.05, 0.1) is 6.61 Å². The lowest BCUT2D eigenvalue weighted by molar-refractivity contribution is -0.143. The first-order valence-corrected chi connectivity index (χ1v) is 14.3. The fourth-order valence-corrected chi connectivity index (χ4v) is 4.62. The maximum absolute atomic E-state index is 12.2. The third-order valence-electron chi connectivity index (χ3n) is 6.46. The summed E-state index contributed by atoms with van der Waals surface area (Å²) < 4.78 is 5.48. The van der Waals surface area contributed by atoms with E-state index in [1.807, 2.05) is 0 Å². The molecule has 1 aromatic carbocycles. The molecule has 0 heterocycles. The van der Waals surface area contributed by atoms with Crippen molar-refractivity contribution in [1.82, 2.24) is 0 Å². The topological polar surface area (TPSA) is 46.5 Å². The van der Waals surface area contributed by atoms with Gasteiger partial charge in [-0.2, -0.15) is 0 Å².